The fourth-order valence-corrected chi connectivity index (χ4v) is 2.57. The number of benzene rings is 1. The molecule has 0 unspecified atom stereocenters. The molecule has 0 aliphatic heterocycles. The summed E-state index contributed by atoms with van der Waals surface area (Å²) in [7, 11) is 0. The Hall–Kier alpha value is -2.96. The molecule has 0 saturated carbocycles. The number of imidazole rings is 1. The van der Waals surface area contributed by atoms with E-state index in [2.05, 4.69) is 4.98 Å². The zero-order chi connectivity index (χ0) is 16.7. The van der Waals surface area contributed by atoms with E-state index < -0.39 is 4.92 Å². The van der Waals surface area contributed by atoms with Gasteiger partial charge in [-0.15, -0.1) is 0 Å². The summed E-state index contributed by atoms with van der Waals surface area (Å²) in [5.74, 6) is -0.322. The molecule has 0 N–H and O–H groups in total. The van der Waals surface area contributed by atoms with Crippen molar-refractivity contribution in [2.24, 2.45) is 0 Å². The van der Waals surface area contributed by atoms with E-state index in [1.165, 1.54) is 10.6 Å². The molecule has 0 atom stereocenters. The Morgan fingerprint density at radius 1 is 1.13 bits per heavy atom. The number of rotatable bonds is 3. The lowest BCUT2D eigenvalue weighted by Gasteiger charge is -2.13. The zero-order valence-electron chi connectivity index (χ0n) is 13.1. The first-order valence-electron chi connectivity index (χ1n) is 7.17. The SMILES string of the molecule is Cc1ccc(Cn2c(C)c(C)n3cc([N+](=O)[O-])nc3c2=O)cc1. The molecule has 0 fully saturated rings. The second-order valence-electron chi connectivity index (χ2n) is 5.60. The lowest BCUT2D eigenvalue weighted by atomic mass is 10.1. The highest BCUT2D eigenvalue weighted by atomic mass is 16.6. The van der Waals surface area contributed by atoms with Gasteiger partial charge in [-0.1, -0.05) is 29.8 Å². The van der Waals surface area contributed by atoms with E-state index in [0.29, 0.717) is 6.54 Å². The molecule has 0 bridgehead atoms. The molecule has 3 rings (SSSR count). The van der Waals surface area contributed by atoms with Gasteiger partial charge in [0.05, 0.1) is 6.54 Å². The largest absolute Gasteiger partial charge is 0.382 e. The lowest BCUT2D eigenvalue weighted by molar-refractivity contribution is -0.389. The average Bonchev–Trinajstić information content (AvgIpc) is 2.97. The predicted octanol–water partition coefficient (Wildman–Crippen LogP) is 2.38. The summed E-state index contributed by atoms with van der Waals surface area (Å²) in [5, 5.41) is 10.9. The van der Waals surface area contributed by atoms with Gasteiger partial charge in [0.15, 0.2) is 0 Å². The first-order valence-corrected chi connectivity index (χ1v) is 7.17. The highest BCUT2D eigenvalue weighted by Gasteiger charge is 2.21. The maximum absolute atomic E-state index is 12.7. The first kappa shape index (κ1) is 15.0. The quantitative estimate of drug-likeness (QED) is 0.549. The molecule has 0 amide bonds. The predicted molar refractivity (Wildman–Crippen MR) is 85.9 cm³/mol. The van der Waals surface area contributed by atoms with Gasteiger partial charge in [0.25, 0.3) is 0 Å². The second kappa shape index (κ2) is 5.35. The summed E-state index contributed by atoms with van der Waals surface area (Å²) in [6.07, 6.45) is 1.29. The van der Waals surface area contributed by atoms with Gasteiger partial charge in [-0.25, -0.2) is 0 Å². The second-order valence-corrected chi connectivity index (χ2v) is 5.60. The van der Waals surface area contributed by atoms with Crippen LogP contribution >= 0.6 is 0 Å². The summed E-state index contributed by atoms with van der Waals surface area (Å²) < 4.78 is 3.09. The van der Waals surface area contributed by atoms with E-state index in [1.807, 2.05) is 45.0 Å². The van der Waals surface area contributed by atoms with Crippen LogP contribution in [0.2, 0.25) is 0 Å². The van der Waals surface area contributed by atoms with Gasteiger partial charge < -0.3 is 14.7 Å². The van der Waals surface area contributed by atoms with Crippen LogP contribution < -0.4 is 5.56 Å². The summed E-state index contributed by atoms with van der Waals surface area (Å²) in [5.41, 5.74) is 3.40. The molecule has 3 aromatic rings. The average molecular weight is 312 g/mol. The Kier molecular flexibility index (Phi) is 3.48. The minimum atomic E-state index is -0.592. The molecular formula is C16H16N4O3. The number of aromatic nitrogens is 3. The summed E-state index contributed by atoms with van der Waals surface area (Å²) in [4.78, 5) is 26.8. The number of fused-ring (bicyclic) bond motifs is 1. The molecule has 23 heavy (non-hydrogen) atoms. The van der Waals surface area contributed by atoms with E-state index in [0.717, 1.165) is 22.5 Å². The minimum Gasteiger partial charge on any atom is -0.358 e. The Bertz CT molecular complexity index is 968. The molecule has 0 radical (unpaired) electrons. The molecule has 2 aromatic heterocycles. The summed E-state index contributed by atoms with van der Waals surface area (Å²) in [6, 6.07) is 7.91. The number of aryl methyl sites for hydroxylation is 2. The number of hydrogen-bond donors (Lipinski definition) is 0. The van der Waals surface area contributed by atoms with Gasteiger partial charge in [-0.05, 0) is 36.2 Å². The maximum Gasteiger partial charge on any atom is 0.382 e. The maximum atomic E-state index is 12.7. The topological polar surface area (TPSA) is 82.4 Å². The lowest BCUT2D eigenvalue weighted by Crippen LogP contribution is -2.26. The molecule has 7 nitrogen and oxygen atoms in total. The van der Waals surface area contributed by atoms with Crippen LogP contribution in [-0.4, -0.2) is 18.9 Å². The first-order chi connectivity index (χ1) is 10.9. The zero-order valence-corrected chi connectivity index (χ0v) is 13.1. The van der Waals surface area contributed by atoms with E-state index in [9.17, 15) is 14.9 Å². The molecule has 1 aromatic carbocycles. The molecular weight excluding hydrogens is 296 g/mol. The van der Waals surface area contributed by atoms with Crippen LogP contribution in [0.3, 0.4) is 0 Å². The van der Waals surface area contributed by atoms with Crippen LogP contribution in [0, 0.1) is 30.9 Å². The van der Waals surface area contributed by atoms with Crippen molar-refractivity contribution < 1.29 is 4.92 Å². The van der Waals surface area contributed by atoms with Crippen LogP contribution in [-0.2, 0) is 6.54 Å². The van der Waals surface area contributed by atoms with E-state index >= 15 is 0 Å². The van der Waals surface area contributed by atoms with Gasteiger partial charge in [0, 0.05) is 11.4 Å². The summed E-state index contributed by atoms with van der Waals surface area (Å²) in [6.45, 7) is 6.05. The van der Waals surface area contributed by atoms with Crippen LogP contribution in [0.1, 0.15) is 22.5 Å². The smallest absolute Gasteiger partial charge is 0.358 e. The molecule has 0 saturated heterocycles. The molecule has 0 aliphatic carbocycles. The van der Waals surface area contributed by atoms with Gasteiger partial charge in [-0.2, -0.15) is 0 Å². The van der Waals surface area contributed by atoms with Crippen LogP contribution in [0.25, 0.3) is 5.65 Å². The van der Waals surface area contributed by atoms with E-state index in [4.69, 9.17) is 0 Å². The van der Waals surface area contributed by atoms with Gasteiger partial charge in [0.2, 0.25) is 0 Å². The number of hydrogen-bond acceptors (Lipinski definition) is 4. The third-order valence-corrected chi connectivity index (χ3v) is 4.07. The highest BCUT2D eigenvalue weighted by Crippen LogP contribution is 2.15. The van der Waals surface area contributed by atoms with Crippen molar-refractivity contribution >= 4 is 11.5 Å². The third-order valence-electron chi connectivity index (χ3n) is 4.07. The summed E-state index contributed by atoms with van der Waals surface area (Å²) >= 11 is 0. The van der Waals surface area contributed by atoms with Crippen molar-refractivity contribution in [3.8, 4) is 0 Å². The number of nitrogens with zero attached hydrogens (tertiary/aromatic N) is 4. The Morgan fingerprint density at radius 2 is 1.78 bits per heavy atom. The van der Waals surface area contributed by atoms with Crippen molar-refractivity contribution in [3.63, 3.8) is 0 Å². The standard InChI is InChI=1S/C16H16N4O3/c1-10-4-6-13(7-5-10)8-19-12(3)11(2)18-9-14(20(22)23)17-15(18)16(19)21/h4-7,9H,8H2,1-3H3. The fraction of sp³-hybridized carbons (Fsp3) is 0.250. The van der Waals surface area contributed by atoms with Crippen molar-refractivity contribution in [1.29, 1.82) is 0 Å². The van der Waals surface area contributed by atoms with Crippen LogP contribution in [0.15, 0.2) is 35.3 Å². The minimum absolute atomic E-state index is 0.0758. The molecule has 0 aliphatic rings. The van der Waals surface area contributed by atoms with E-state index in [-0.39, 0.29) is 17.0 Å². The normalized spacial score (nSPS) is 11.1. The fourth-order valence-electron chi connectivity index (χ4n) is 2.57. The van der Waals surface area contributed by atoms with Gasteiger partial charge >= 0.3 is 17.0 Å². The third kappa shape index (κ3) is 2.50. The van der Waals surface area contributed by atoms with Crippen LogP contribution in [0.5, 0.6) is 0 Å². The Labute approximate surface area is 132 Å². The van der Waals surface area contributed by atoms with Gasteiger partial charge in [-0.3, -0.25) is 9.20 Å². The molecule has 2 heterocycles. The van der Waals surface area contributed by atoms with Crippen molar-refractivity contribution in [2.75, 3.05) is 0 Å². The Balaban J connectivity index is 2.19. The monoisotopic (exact) mass is 312 g/mol. The molecule has 7 heteroatoms. The van der Waals surface area contributed by atoms with Crippen molar-refractivity contribution in [1.82, 2.24) is 14.0 Å². The van der Waals surface area contributed by atoms with Crippen molar-refractivity contribution in [3.05, 3.63) is 73.4 Å². The van der Waals surface area contributed by atoms with Crippen LogP contribution in [0.4, 0.5) is 5.82 Å². The number of nitro groups is 1. The molecule has 118 valence electrons. The van der Waals surface area contributed by atoms with Crippen molar-refractivity contribution in [2.45, 2.75) is 27.3 Å². The highest BCUT2D eigenvalue weighted by molar-refractivity contribution is 5.45. The Morgan fingerprint density at radius 3 is 2.39 bits per heavy atom. The van der Waals surface area contributed by atoms with E-state index in [1.54, 1.807) is 4.57 Å². The molecule has 0 spiro atoms. The van der Waals surface area contributed by atoms with Gasteiger partial charge in [0.1, 0.15) is 6.20 Å².